The average Bonchev–Trinajstić information content (AvgIpc) is 2.48. The maximum atomic E-state index is 12.4. The molecule has 2 rings (SSSR count). The molecule has 0 fully saturated rings. The van der Waals surface area contributed by atoms with E-state index in [9.17, 15) is 4.79 Å². The number of rotatable bonds is 5. The Kier molecular flexibility index (Phi) is 4.06. The zero-order chi connectivity index (χ0) is 14.7. The van der Waals surface area contributed by atoms with Crippen molar-refractivity contribution >= 4 is 16.9 Å². The molecule has 1 heterocycles. The first-order valence-electron chi connectivity index (χ1n) is 5.90. The lowest BCUT2D eigenvalue weighted by atomic mass is 10.2. The minimum Gasteiger partial charge on any atom is -0.493 e. The van der Waals surface area contributed by atoms with E-state index in [-0.39, 0.29) is 24.7 Å². The summed E-state index contributed by atoms with van der Waals surface area (Å²) in [6, 6.07) is 3.15. The van der Waals surface area contributed by atoms with E-state index in [1.165, 1.54) is 18.8 Å². The van der Waals surface area contributed by atoms with E-state index < -0.39 is 0 Å². The third kappa shape index (κ3) is 2.26. The van der Waals surface area contributed by atoms with Crippen molar-refractivity contribution in [2.45, 2.75) is 6.54 Å². The fraction of sp³-hybridized carbons (Fsp3) is 0.333. The van der Waals surface area contributed by atoms with Crippen LogP contribution in [0.2, 0.25) is 0 Å². The molecule has 1 aromatic heterocycles. The van der Waals surface area contributed by atoms with Crippen molar-refractivity contribution in [2.24, 2.45) is 5.84 Å². The molecule has 20 heavy (non-hydrogen) atoms. The van der Waals surface area contributed by atoms with Gasteiger partial charge in [-0.25, -0.2) is 10.8 Å². The molecule has 0 saturated heterocycles. The summed E-state index contributed by atoms with van der Waals surface area (Å²) in [5, 5.41) is 9.37. The van der Waals surface area contributed by atoms with E-state index >= 15 is 0 Å². The number of aromatic nitrogens is 2. The molecule has 0 aliphatic heterocycles. The number of anilines is 1. The van der Waals surface area contributed by atoms with Gasteiger partial charge < -0.3 is 14.6 Å². The number of methoxy groups -OCH3 is 2. The molecule has 0 atom stereocenters. The maximum absolute atomic E-state index is 12.4. The quantitative estimate of drug-likeness (QED) is 0.509. The molecule has 8 heteroatoms. The topological polar surface area (TPSA) is 112 Å². The molecule has 4 N–H and O–H groups in total. The monoisotopic (exact) mass is 280 g/mol. The summed E-state index contributed by atoms with van der Waals surface area (Å²) in [5.74, 6) is 6.43. The fourth-order valence-corrected chi connectivity index (χ4v) is 1.97. The van der Waals surface area contributed by atoms with Gasteiger partial charge in [-0.1, -0.05) is 0 Å². The van der Waals surface area contributed by atoms with Gasteiger partial charge in [0.1, 0.15) is 0 Å². The van der Waals surface area contributed by atoms with Crippen LogP contribution < -0.4 is 26.3 Å². The highest BCUT2D eigenvalue weighted by atomic mass is 16.5. The molecule has 0 amide bonds. The number of ether oxygens (including phenoxy) is 2. The first-order valence-corrected chi connectivity index (χ1v) is 5.90. The highest BCUT2D eigenvalue weighted by molar-refractivity contribution is 5.82. The average molecular weight is 280 g/mol. The van der Waals surface area contributed by atoms with Gasteiger partial charge in [0, 0.05) is 6.07 Å². The summed E-state index contributed by atoms with van der Waals surface area (Å²) in [5.41, 5.74) is 2.45. The van der Waals surface area contributed by atoms with Crippen molar-refractivity contribution in [1.82, 2.24) is 9.55 Å². The van der Waals surface area contributed by atoms with E-state index in [2.05, 4.69) is 10.4 Å². The van der Waals surface area contributed by atoms with E-state index in [0.29, 0.717) is 22.4 Å². The Labute approximate surface area is 114 Å². The summed E-state index contributed by atoms with van der Waals surface area (Å²) in [6.07, 6.45) is 0. The van der Waals surface area contributed by atoms with Crippen LogP contribution in [0, 0.1) is 0 Å². The lowest BCUT2D eigenvalue weighted by Gasteiger charge is -2.13. The SMILES string of the molecule is COc1cc2nc(NN)n(CCO)c(=O)c2cc1OC. The van der Waals surface area contributed by atoms with Crippen LogP contribution in [-0.4, -0.2) is 35.5 Å². The number of hydrogen-bond acceptors (Lipinski definition) is 7. The Morgan fingerprint density at radius 2 is 2.00 bits per heavy atom. The molecule has 0 bridgehead atoms. The van der Waals surface area contributed by atoms with E-state index in [1.54, 1.807) is 12.1 Å². The minimum absolute atomic E-state index is 0.0929. The number of nitrogens with two attached hydrogens (primary N) is 1. The Morgan fingerprint density at radius 1 is 1.35 bits per heavy atom. The number of benzene rings is 1. The Morgan fingerprint density at radius 3 is 2.55 bits per heavy atom. The van der Waals surface area contributed by atoms with Crippen molar-refractivity contribution in [3.63, 3.8) is 0 Å². The molecule has 0 saturated carbocycles. The number of nitrogens with zero attached hydrogens (tertiary/aromatic N) is 2. The standard InChI is InChI=1S/C12H16N4O4/c1-19-9-5-7-8(6-10(9)20-2)14-12(15-13)16(3-4-17)11(7)18/h5-6,17H,3-4,13H2,1-2H3,(H,14,15). The normalized spacial score (nSPS) is 10.6. The lowest BCUT2D eigenvalue weighted by Crippen LogP contribution is -2.28. The predicted octanol–water partition coefficient (Wildman–Crippen LogP) is -0.308. The van der Waals surface area contributed by atoms with Gasteiger partial charge in [0.25, 0.3) is 5.56 Å². The van der Waals surface area contributed by atoms with Gasteiger partial charge in [0.15, 0.2) is 11.5 Å². The summed E-state index contributed by atoms with van der Waals surface area (Å²) < 4.78 is 11.6. The van der Waals surface area contributed by atoms with Crippen molar-refractivity contribution < 1.29 is 14.6 Å². The summed E-state index contributed by atoms with van der Waals surface area (Å²) >= 11 is 0. The number of fused-ring (bicyclic) bond motifs is 1. The molecule has 2 aromatic rings. The van der Waals surface area contributed by atoms with Crippen molar-refractivity contribution in [3.05, 3.63) is 22.5 Å². The predicted molar refractivity (Wildman–Crippen MR) is 74.0 cm³/mol. The molecule has 0 aliphatic rings. The third-order valence-corrected chi connectivity index (χ3v) is 2.91. The van der Waals surface area contributed by atoms with Crippen LogP contribution in [0.4, 0.5) is 5.95 Å². The van der Waals surface area contributed by atoms with Crippen LogP contribution in [0.1, 0.15) is 0 Å². The third-order valence-electron chi connectivity index (χ3n) is 2.91. The van der Waals surface area contributed by atoms with Gasteiger partial charge in [-0.05, 0) is 6.07 Å². The molecular weight excluding hydrogens is 264 g/mol. The Hall–Kier alpha value is -2.32. The number of nitrogen functional groups attached to an aromatic ring is 1. The molecule has 8 nitrogen and oxygen atoms in total. The summed E-state index contributed by atoms with van der Waals surface area (Å²) in [7, 11) is 2.98. The largest absolute Gasteiger partial charge is 0.493 e. The van der Waals surface area contributed by atoms with Gasteiger partial charge in [0.2, 0.25) is 5.95 Å². The number of hydrogen-bond donors (Lipinski definition) is 3. The van der Waals surface area contributed by atoms with Crippen LogP contribution in [0.3, 0.4) is 0 Å². The molecular formula is C12H16N4O4. The Bertz CT molecular complexity index is 683. The first-order chi connectivity index (χ1) is 9.65. The van der Waals surface area contributed by atoms with Gasteiger partial charge in [0.05, 0.1) is 38.3 Å². The van der Waals surface area contributed by atoms with Crippen LogP contribution in [0.25, 0.3) is 10.9 Å². The zero-order valence-corrected chi connectivity index (χ0v) is 11.2. The number of nitrogens with one attached hydrogen (secondary N) is 1. The molecule has 1 aromatic carbocycles. The molecule has 0 radical (unpaired) electrons. The first kappa shape index (κ1) is 14.1. The molecule has 0 unspecified atom stereocenters. The zero-order valence-electron chi connectivity index (χ0n) is 11.2. The summed E-state index contributed by atoms with van der Waals surface area (Å²) in [6.45, 7) is -0.106. The van der Waals surface area contributed by atoms with E-state index in [1.807, 2.05) is 0 Å². The fourth-order valence-electron chi connectivity index (χ4n) is 1.97. The highest BCUT2D eigenvalue weighted by Crippen LogP contribution is 2.30. The van der Waals surface area contributed by atoms with Crippen LogP contribution in [0.5, 0.6) is 11.5 Å². The van der Waals surface area contributed by atoms with Gasteiger partial charge in [-0.2, -0.15) is 0 Å². The Balaban J connectivity index is 2.79. The second-order valence-electron chi connectivity index (χ2n) is 3.98. The summed E-state index contributed by atoms with van der Waals surface area (Å²) in [4.78, 5) is 16.6. The highest BCUT2D eigenvalue weighted by Gasteiger charge is 2.14. The second-order valence-corrected chi connectivity index (χ2v) is 3.98. The van der Waals surface area contributed by atoms with Crippen molar-refractivity contribution in [2.75, 3.05) is 26.3 Å². The molecule has 0 spiro atoms. The number of aliphatic hydroxyl groups excluding tert-OH is 1. The van der Waals surface area contributed by atoms with Crippen LogP contribution in [0.15, 0.2) is 16.9 Å². The van der Waals surface area contributed by atoms with Crippen LogP contribution >= 0.6 is 0 Å². The number of hydrazine groups is 1. The minimum atomic E-state index is -0.321. The van der Waals surface area contributed by atoms with E-state index in [0.717, 1.165) is 0 Å². The van der Waals surface area contributed by atoms with Crippen molar-refractivity contribution in [3.8, 4) is 11.5 Å². The van der Waals surface area contributed by atoms with Gasteiger partial charge in [-0.3, -0.25) is 14.8 Å². The smallest absolute Gasteiger partial charge is 0.263 e. The van der Waals surface area contributed by atoms with Gasteiger partial charge >= 0.3 is 0 Å². The lowest BCUT2D eigenvalue weighted by molar-refractivity contribution is 0.275. The van der Waals surface area contributed by atoms with E-state index in [4.69, 9.17) is 20.4 Å². The number of aliphatic hydroxyl groups is 1. The van der Waals surface area contributed by atoms with Gasteiger partial charge in [-0.15, -0.1) is 0 Å². The molecule has 108 valence electrons. The van der Waals surface area contributed by atoms with Crippen molar-refractivity contribution in [1.29, 1.82) is 0 Å². The maximum Gasteiger partial charge on any atom is 0.263 e. The van der Waals surface area contributed by atoms with Crippen LogP contribution in [-0.2, 0) is 6.54 Å². The molecule has 0 aliphatic carbocycles. The second kappa shape index (κ2) is 5.76.